The lowest BCUT2D eigenvalue weighted by Crippen LogP contribution is -2.54. The van der Waals surface area contributed by atoms with Crippen molar-refractivity contribution in [3.05, 3.63) is 131 Å². The molecule has 10 heteroatoms. The van der Waals surface area contributed by atoms with E-state index in [4.69, 9.17) is 20.9 Å². The van der Waals surface area contributed by atoms with Crippen LogP contribution >= 0.6 is 0 Å². The summed E-state index contributed by atoms with van der Waals surface area (Å²) < 4.78 is 11.6. The summed E-state index contributed by atoms with van der Waals surface area (Å²) in [5.74, 6) is 0.0853. The van der Waals surface area contributed by atoms with Crippen LogP contribution in [0.4, 0.5) is 11.4 Å². The van der Waals surface area contributed by atoms with Crippen LogP contribution in [-0.2, 0) is 32.0 Å². The second-order valence-electron chi connectivity index (χ2n) is 20.5. The molecular weight excluding hydrogens is 889 g/mol. The van der Waals surface area contributed by atoms with E-state index in [0.717, 1.165) is 51.4 Å². The molecule has 0 amide bonds. The van der Waals surface area contributed by atoms with E-state index < -0.39 is 29.2 Å². The van der Waals surface area contributed by atoms with Crippen molar-refractivity contribution in [1.82, 2.24) is 0 Å². The highest BCUT2D eigenvalue weighted by molar-refractivity contribution is 6.01. The number of carbonyl (C=O) groups is 4. The summed E-state index contributed by atoms with van der Waals surface area (Å²) in [7, 11) is 0. The lowest BCUT2D eigenvalue weighted by molar-refractivity contribution is -0.146. The molecule has 380 valence electrons. The number of hydrogen-bond acceptors (Lipinski definition) is 10. The first kappa shape index (κ1) is 54.5. The summed E-state index contributed by atoms with van der Waals surface area (Å²) in [6.07, 6.45) is 21.8. The van der Waals surface area contributed by atoms with Crippen molar-refractivity contribution in [3.63, 3.8) is 0 Å². The summed E-state index contributed by atoms with van der Waals surface area (Å²) >= 11 is 0. The Morgan fingerprint density at radius 2 is 0.873 bits per heavy atom. The molecule has 10 nitrogen and oxygen atoms in total. The summed E-state index contributed by atoms with van der Waals surface area (Å²) in [6.45, 7) is 4.44. The molecule has 0 spiro atoms. The molecule has 2 aliphatic rings. The van der Waals surface area contributed by atoms with Crippen molar-refractivity contribution in [3.8, 4) is 11.5 Å². The topological polar surface area (TPSA) is 179 Å². The smallest absolute Gasteiger partial charge is 0.314 e. The van der Waals surface area contributed by atoms with Gasteiger partial charge in [-0.3, -0.25) is 19.2 Å². The number of esters is 2. The number of aliphatic hydroxyl groups excluding tert-OH is 2. The Bertz CT molecular complexity index is 2170. The molecule has 6 N–H and O–H groups in total. The molecule has 2 aliphatic carbocycles. The van der Waals surface area contributed by atoms with Crippen molar-refractivity contribution in [2.75, 3.05) is 11.5 Å². The van der Waals surface area contributed by atoms with Crippen LogP contribution in [0.3, 0.4) is 0 Å². The molecule has 6 rings (SSSR count). The number of carbonyl (C=O) groups excluding carboxylic acids is 4. The fourth-order valence-electron chi connectivity index (χ4n) is 10.5. The number of benzene rings is 4. The van der Waals surface area contributed by atoms with Gasteiger partial charge in [0.1, 0.15) is 23.7 Å². The van der Waals surface area contributed by atoms with Gasteiger partial charge in [0.15, 0.2) is 11.6 Å². The molecule has 0 saturated heterocycles. The minimum Gasteiger partial charge on any atom is -0.426 e. The Balaban J connectivity index is 1.13. The average molecular weight is 967 g/mol. The highest BCUT2D eigenvalue weighted by Gasteiger charge is 2.49. The monoisotopic (exact) mass is 967 g/mol. The van der Waals surface area contributed by atoms with E-state index in [1.807, 2.05) is 0 Å². The maximum Gasteiger partial charge on any atom is 0.314 e. The number of unbranched alkanes of at least 4 members (excludes halogenated alkanes) is 6. The number of nitrogen functional groups attached to an aromatic ring is 2. The minimum atomic E-state index is -1.86. The van der Waals surface area contributed by atoms with Crippen LogP contribution in [-0.4, -0.2) is 45.9 Å². The zero-order chi connectivity index (χ0) is 50.6. The minimum absolute atomic E-state index is 0.0690. The largest absolute Gasteiger partial charge is 0.426 e. The quantitative estimate of drug-likeness (QED) is 0.0156. The van der Waals surface area contributed by atoms with Gasteiger partial charge in [-0.1, -0.05) is 139 Å². The van der Waals surface area contributed by atoms with Gasteiger partial charge in [0, 0.05) is 16.8 Å². The van der Waals surface area contributed by atoms with Crippen LogP contribution in [0, 0.1) is 29.1 Å². The number of ether oxygens (including phenoxy) is 2. The highest BCUT2D eigenvalue weighted by atomic mass is 16.5. The zero-order valence-electron chi connectivity index (χ0n) is 42.2. The number of anilines is 2. The SMILES string of the molecule is CCCCCCC1CCC(C(=O)Oc2ccc(/C=C/C(=O)C(O)C(Cc3ccc(N)cc3)(Cc3ccc(N)cc3)C(O)C(=O)/C=C/c3ccc(OC(=O)C4CCC(CCCCCC)CC4)cc3)cc2)CC1. The standard InChI is InChI=1S/C61H78N2O8/c1-3-5-7-9-11-43-13-27-49(28-14-43)59(68)70-53-35-21-45(22-36-53)25-39-55(64)57(66)61(41-47-17-31-51(62)32-18-47,42-48-19-33-52(63)34-20-48)58(67)56(65)40-26-46-23-37-54(38-24-46)71-60(69)50-29-15-44(16-30-50)12-10-8-6-4-2/h17-26,31-40,43-44,49-50,57-58,66-67H,3-16,27-30,41-42,62-63H2,1-2H3/b39-25+,40-26+. The van der Waals surface area contributed by atoms with Crippen LogP contribution in [0.1, 0.15) is 152 Å². The van der Waals surface area contributed by atoms with E-state index in [1.54, 1.807) is 109 Å². The predicted molar refractivity (Wildman–Crippen MR) is 284 cm³/mol. The van der Waals surface area contributed by atoms with Gasteiger partial charge in [-0.05, 0) is 159 Å². The Labute approximate surface area is 422 Å². The van der Waals surface area contributed by atoms with E-state index in [0.29, 0.717) is 57.0 Å². The van der Waals surface area contributed by atoms with Crippen molar-refractivity contribution in [1.29, 1.82) is 0 Å². The van der Waals surface area contributed by atoms with Gasteiger partial charge < -0.3 is 31.2 Å². The molecule has 0 aromatic heterocycles. The average Bonchev–Trinajstić information content (AvgIpc) is 3.39. The normalized spacial score (nSPS) is 19.3. The van der Waals surface area contributed by atoms with Crippen LogP contribution < -0.4 is 20.9 Å². The van der Waals surface area contributed by atoms with Gasteiger partial charge >= 0.3 is 11.9 Å². The summed E-state index contributed by atoms with van der Waals surface area (Å²) in [5.41, 5.74) is 13.8. The fraction of sp³-hybridized carbons (Fsp3) is 0.475. The Kier molecular flexibility index (Phi) is 21.2. The summed E-state index contributed by atoms with van der Waals surface area (Å²) in [4.78, 5) is 54.6. The zero-order valence-corrected chi connectivity index (χ0v) is 42.2. The summed E-state index contributed by atoms with van der Waals surface area (Å²) in [5, 5.41) is 24.5. The van der Waals surface area contributed by atoms with E-state index in [9.17, 15) is 29.4 Å². The molecule has 0 aliphatic heterocycles. The van der Waals surface area contributed by atoms with Crippen molar-refractivity contribution in [2.24, 2.45) is 29.1 Å². The number of rotatable bonds is 26. The second kappa shape index (κ2) is 27.7. The van der Waals surface area contributed by atoms with Crippen LogP contribution in [0.2, 0.25) is 0 Å². The van der Waals surface area contributed by atoms with E-state index in [2.05, 4.69) is 13.8 Å². The Morgan fingerprint density at radius 1 is 0.521 bits per heavy atom. The van der Waals surface area contributed by atoms with Gasteiger partial charge in [-0.25, -0.2) is 0 Å². The molecule has 0 bridgehead atoms. The third-order valence-electron chi connectivity index (χ3n) is 15.0. The Morgan fingerprint density at radius 3 is 1.21 bits per heavy atom. The van der Waals surface area contributed by atoms with Gasteiger partial charge in [-0.15, -0.1) is 0 Å². The molecule has 4 aromatic carbocycles. The summed E-state index contributed by atoms with van der Waals surface area (Å²) in [6, 6.07) is 27.4. The van der Waals surface area contributed by atoms with Crippen LogP contribution in [0.25, 0.3) is 12.2 Å². The van der Waals surface area contributed by atoms with Gasteiger partial charge in [0.05, 0.1) is 11.8 Å². The fourth-order valence-corrected chi connectivity index (χ4v) is 10.5. The molecule has 0 radical (unpaired) electrons. The van der Waals surface area contributed by atoms with E-state index in [-0.39, 0.29) is 36.6 Å². The number of hydrogen-bond donors (Lipinski definition) is 4. The molecule has 71 heavy (non-hydrogen) atoms. The molecule has 2 fully saturated rings. The third-order valence-corrected chi connectivity index (χ3v) is 15.0. The van der Waals surface area contributed by atoms with Gasteiger partial charge in [-0.2, -0.15) is 0 Å². The highest BCUT2D eigenvalue weighted by Crippen LogP contribution is 2.39. The van der Waals surface area contributed by atoms with Crippen molar-refractivity contribution < 1.29 is 38.9 Å². The Hall–Kier alpha value is -5.84. The number of ketones is 2. The number of aliphatic hydroxyl groups is 2. The first-order valence-electron chi connectivity index (χ1n) is 26.5. The first-order valence-corrected chi connectivity index (χ1v) is 26.5. The van der Waals surface area contributed by atoms with Crippen molar-refractivity contribution in [2.45, 2.75) is 154 Å². The van der Waals surface area contributed by atoms with Gasteiger partial charge in [0.2, 0.25) is 0 Å². The van der Waals surface area contributed by atoms with E-state index >= 15 is 0 Å². The molecule has 2 unspecified atom stereocenters. The molecular formula is C61H78N2O8. The molecule has 4 aromatic rings. The molecule has 0 heterocycles. The van der Waals surface area contributed by atoms with E-state index in [1.165, 1.54) is 76.4 Å². The first-order chi connectivity index (χ1) is 34.3. The lowest BCUT2D eigenvalue weighted by atomic mass is 9.66. The number of nitrogens with two attached hydrogens (primary N) is 2. The van der Waals surface area contributed by atoms with Crippen molar-refractivity contribution >= 4 is 47.0 Å². The molecule has 2 saturated carbocycles. The lowest BCUT2D eigenvalue weighted by Gasteiger charge is -2.40. The third kappa shape index (κ3) is 16.6. The molecule has 2 atom stereocenters. The van der Waals surface area contributed by atoms with Crippen LogP contribution in [0.5, 0.6) is 11.5 Å². The second-order valence-corrected chi connectivity index (χ2v) is 20.5. The van der Waals surface area contributed by atoms with Gasteiger partial charge in [0.25, 0.3) is 0 Å². The van der Waals surface area contributed by atoms with Crippen LogP contribution in [0.15, 0.2) is 109 Å². The maximum atomic E-state index is 14.2. The predicted octanol–water partition coefficient (Wildman–Crippen LogP) is 12.3. The maximum absolute atomic E-state index is 14.2.